The van der Waals surface area contributed by atoms with Crippen LogP contribution in [-0.2, 0) is 4.74 Å². The van der Waals surface area contributed by atoms with Crippen LogP contribution in [0.5, 0.6) is 11.5 Å². The molecular weight excluding hydrogens is 382 g/mol. The van der Waals surface area contributed by atoms with Crippen molar-refractivity contribution in [1.29, 1.82) is 0 Å². The molecule has 0 saturated carbocycles. The highest BCUT2D eigenvalue weighted by Crippen LogP contribution is 2.35. The number of methoxy groups -OCH3 is 3. The molecule has 1 aromatic heterocycles. The quantitative estimate of drug-likeness (QED) is 0.505. The third-order valence-corrected chi connectivity index (χ3v) is 4.82. The van der Waals surface area contributed by atoms with Crippen LogP contribution in [0.4, 0.5) is 0 Å². The molecular formula is C23H27N3O4. The fourth-order valence-electron chi connectivity index (χ4n) is 3.19. The fourth-order valence-corrected chi connectivity index (χ4v) is 3.19. The molecule has 3 aromatic rings. The number of hydrogen-bond donors (Lipinski definition) is 0. The average Bonchev–Trinajstić information content (AvgIpc) is 3.24. The van der Waals surface area contributed by atoms with Gasteiger partial charge in [-0.1, -0.05) is 18.2 Å². The first kappa shape index (κ1) is 21.4. The first-order chi connectivity index (χ1) is 14.6. The molecule has 0 saturated heterocycles. The summed E-state index contributed by atoms with van der Waals surface area (Å²) in [6.07, 6.45) is 2.52. The van der Waals surface area contributed by atoms with Crippen molar-refractivity contribution in [2.24, 2.45) is 0 Å². The van der Waals surface area contributed by atoms with E-state index in [2.05, 4.69) is 0 Å². The lowest BCUT2D eigenvalue weighted by molar-refractivity contribution is 0.0780. The fraction of sp³-hybridized carbons (Fsp3) is 0.304. The van der Waals surface area contributed by atoms with Gasteiger partial charge in [-0.15, -0.1) is 0 Å². The van der Waals surface area contributed by atoms with Crippen LogP contribution in [0, 0.1) is 0 Å². The summed E-state index contributed by atoms with van der Waals surface area (Å²) in [6.45, 7) is 1.18. The molecule has 1 amide bonds. The Hall–Kier alpha value is -3.32. The average molecular weight is 409 g/mol. The van der Waals surface area contributed by atoms with Crippen LogP contribution in [-0.4, -0.2) is 62.1 Å². The summed E-state index contributed by atoms with van der Waals surface area (Å²) >= 11 is 0. The summed E-state index contributed by atoms with van der Waals surface area (Å²) in [6, 6.07) is 15.1. The summed E-state index contributed by atoms with van der Waals surface area (Å²) in [5, 5.41) is 4.74. The van der Waals surface area contributed by atoms with E-state index in [4.69, 9.17) is 19.3 Å². The van der Waals surface area contributed by atoms with Crippen LogP contribution in [0.2, 0.25) is 0 Å². The van der Waals surface area contributed by atoms with Gasteiger partial charge in [0.15, 0.2) is 0 Å². The number of carbonyl (C=O) groups excluding carboxylic acids is 1. The van der Waals surface area contributed by atoms with Crippen LogP contribution in [0.3, 0.4) is 0 Å². The van der Waals surface area contributed by atoms with Crippen molar-refractivity contribution in [3.63, 3.8) is 0 Å². The molecule has 0 aliphatic rings. The zero-order valence-corrected chi connectivity index (χ0v) is 17.8. The van der Waals surface area contributed by atoms with E-state index in [0.717, 1.165) is 12.1 Å². The van der Waals surface area contributed by atoms with Gasteiger partial charge in [-0.25, -0.2) is 4.68 Å². The van der Waals surface area contributed by atoms with E-state index in [-0.39, 0.29) is 5.91 Å². The number of carbonyl (C=O) groups is 1. The minimum atomic E-state index is -0.117. The Kier molecular flexibility index (Phi) is 7.08. The third-order valence-electron chi connectivity index (χ3n) is 4.82. The van der Waals surface area contributed by atoms with Crippen LogP contribution in [0.1, 0.15) is 16.8 Å². The largest absolute Gasteiger partial charge is 0.497 e. The Balaban J connectivity index is 2.09. The van der Waals surface area contributed by atoms with E-state index >= 15 is 0 Å². The molecule has 7 heteroatoms. The summed E-state index contributed by atoms with van der Waals surface area (Å²) in [5.41, 5.74) is 2.59. The number of rotatable bonds is 9. The Morgan fingerprint density at radius 3 is 2.50 bits per heavy atom. The van der Waals surface area contributed by atoms with Crippen molar-refractivity contribution in [3.8, 4) is 28.4 Å². The molecule has 0 radical (unpaired) electrons. The first-order valence-electron chi connectivity index (χ1n) is 9.71. The van der Waals surface area contributed by atoms with E-state index in [0.29, 0.717) is 41.5 Å². The molecule has 0 unspecified atom stereocenters. The van der Waals surface area contributed by atoms with Gasteiger partial charge in [-0.2, -0.15) is 5.10 Å². The zero-order chi connectivity index (χ0) is 21.5. The second-order valence-electron chi connectivity index (χ2n) is 6.81. The zero-order valence-electron chi connectivity index (χ0n) is 17.8. The second kappa shape index (κ2) is 9.93. The monoisotopic (exact) mass is 409 g/mol. The molecule has 0 fully saturated rings. The maximum absolute atomic E-state index is 13.3. The molecule has 2 aromatic carbocycles. The SMILES string of the molecule is COCCCN(C)C(=O)c1cn(-c2ccccc2)nc1-c1cc(OC)ccc1OC. The number of aromatic nitrogens is 2. The van der Waals surface area contributed by atoms with E-state index in [1.54, 1.807) is 44.2 Å². The minimum Gasteiger partial charge on any atom is -0.497 e. The molecule has 0 N–H and O–H groups in total. The highest BCUT2D eigenvalue weighted by Gasteiger charge is 2.24. The lowest BCUT2D eigenvalue weighted by Gasteiger charge is -2.17. The van der Waals surface area contributed by atoms with Crippen LogP contribution < -0.4 is 9.47 Å². The molecule has 3 rings (SSSR count). The highest BCUT2D eigenvalue weighted by atomic mass is 16.5. The molecule has 0 atom stereocenters. The maximum atomic E-state index is 13.3. The van der Waals surface area contributed by atoms with Gasteiger partial charge in [0.05, 0.1) is 25.5 Å². The first-order valence-corrected chi connectivity index (χ1v) is 9.71. The highest BCUT2D eigenvalue weighted by molar-refractivity contribution is 6.00. The standard InChI is InChI=1S/C23H27N3O4/c1-25(13-8-14-28-2)23(27)20-16-26(17-9-6-5-7-10-17)24-22(20)19-15-18(29-3)11-12-21(19)30-4/h5-7,9-12,15-16H,8,13-14H2,1-4H3. The van der Waals surface area contributed by atoms with Gasteiger partial charge in [0, 0.05) is 39.1 Å². The predicted molar refractivity (Wildman–Crippen MR) is 116 cm³/mol. The summed E-state index contributed by atoms with van der Waals surface area (Å²) < 4.78 is 17.7. The number of hydrogen-bond acceptors (Lipinski definition) is 5. The normalized spacial score (nSPS) is 10.7. The molecule has 0 spiro atoms. The predicted octanol–water partition coefficient (Wildman–Crippen LogP) is 3.67. The molecule has 0 bridgehead atoms. The van der Waals surface area contributed by atoms with Crippen molar-refractivity contribution >= 4 is 5.91 Å². The van der Waals surface area contributed by atoms with Gasteiger partial charge in [0.2, 0.25) is 0 Å². The smallest absolute Gasteiger partial charge is 0.257 e. The van der Waals surface area contributed by atoms with Crippen molar-refractivity contribution in [2.75, 3.05) is 41.5 Å². The van der Waals surface area contributed by atoms with Gasteiger partial charge < -0.3 is 19.1 Å². The van der Waals surface area contributed by atoms with Crippen LogP contribution in [0.15, 0.2) is 54.7 Å². The Morgan fingerprint density at radius 1 is 1.07 bits per heavy atom. The number of para-hydroxylation sites is 1. The Morgan fingerprint density at radius 2 is 1.83 bits per heavy atom. The summed E-state index contributed by atoms with van der Waals surface area (Å²) in [5.74, 6) is 1.16. The van der Waals surface area contributed by atoms with Gasteiger partial charge in [0.1, 0.15) is 17.2 Å². The van der Waals surface area contributed by atoms with Crippen LogP contribution >= 0.6 is 0 Å². The topological polar surface area (TPSA) is 65.8 Å². The van der Waals surface area contributed by atoms with E-state index in [1.807, 2.05) is 48.5 Å². The van der Waals surface area contributed by atoms with Crippen molar-refractivity contribution in [3.05, 3.63) is 60.3 Å². The van der Waals surface area contributed by atoms with Crippen molar-refractivity contribution in [1.82, 2.24) is 14.7 Å². The van der Waals surface area contributed by atoms with E-state index < -0.39 is 0 Å². The molecule has 0 aliphatic heterocycles. The lowest BCUT2D eigenvalue weighted by atomic mass is 10.1. The molecule has 7 nitrogen and oxygen atoms in total. The molecule has 0 aliphatic carbocycles. The second-order valence-corrected chi connectivity index (χ2v) is 6.81. The van der Waals surface area contributed by atoms with E-state index in [1.165, 1.54) is 0 Å². The van der Waals surface area contributed by atoms with Gasteiger partial charge in [0.25, 0.3) is 5.91 Å². The number of amides is 1. The molecule has 30 heavy (non-hydrogen) atoms. The maximum Gasteiger partial charge on any atom is 0.257 e. The minimum absolute atomic E-state index is 0.117. The summed E-state index contributed by atoms with van der Waals surface area (Å²) in [4.78, 5) is 15.0. The number of ether oxygens (including phenoxy) is 3. The van der Waals surface area contributed by atoms with Crippen LogP contribution in [0.25, 0.3) is 16.9 Å². The Bertz CT molecular complexity index is 985. The van der Waals surface area contributed by atoms with Gasteiger partial charge in [-0.3, -0.25) is 4.79 Å². The van der Waals surface area contributed by atoms with Crippen molar-refractivity contribution < 1.29 is 19.0 Å². The molecule has 158 valence electrons. The number of nitrogens with zero attached hydrogens (tertiary/aromatic N) is 3. The van der Waals surface area contributed by atoms with Gasteiger partial charge in [-0.05, 0) is 36.8 Å². The third kappa shape index (κ3) is 4.63. The van der Waals surface area contributed by atoms with Crippen molar-refractivity contribution in [2.45, 2.75) is 6.42 Å². The lowest BCUT2D eigenvalue weighted by Crippen LogP contribution is -2.28. The molecule has 1 heterocycles. The Labute approximate surface area is 176 Å². The summed E-state index contributed by atoms with van der Waals surface area (Å²) in [7, 11) is 6.63. The number of benzene rings is 2. The van der Waals surface area contributed by atoms with E-state index in [9.17, 15) is 4.79 Å². The van der Waals surface area contributed by atoms with Gasteiger partial charge >= 0.3 is 0 Å².